The fourth-order valence-electron chi connectivity index (χ4n) is 1.42. The molecule has 3 atom stereocenters. The summed E-state index contributed by atoms with van der Waals surface area (Å²) in [6.45, 7) is 4.40. The van der Waals surface area contributed by atoms with E-state index in [0.29, 0.717) is 17.9 Å². The summed E-state index contributed by atoms with van der Waals surface area (Å²) in [5, 5.41) is 0. The minimum absolute atomic E-state index is 0.301. The Morgan fingerprint density at radius 2 is 2.08 bits per heavy atom. The zero-order chi connectivity index (χ0) is 8.97. The second kappa shape index (κ2) is 4.46. The number of rotatable bonds is 1. The van der Waals surface area contributed by atoms with Gasteiger partial charge in [-0.25, -0.2) is 0 Å². The van der Waals surface area contributed by atoms with Gasteiger partial charge < -0.3 is 5.73 Å². The molecule has 1 aliphatic rings. The van der Waals surface area contributed by atoms with Gasteiger partial charge in [0, 0.05) is 6.04 Å². The van der Waals surface area contributed by atoms with Crippen molar-refractivity contribution in [1.82, 2.24) is 0 Å². The normalized spacial score (nSPS) is 41.4. The number of allylic oxidation sites excluding steroid dienone is 2. The molecule has 0 radical (unpaired) electrons. The van der Waals surface area contributed by atoms with Crippen LogP contribution in [0, 0.1) is 11.8 Å². The lowest BCUT2D eigenvalue weighted by atomic mass is 9.93. The van der Waals surface area contributed by atoms with Crippen LogP contribution in [-0.2, 0) is 0 Å². The smallest absolute Gasteiger partial charge is 0.0134 e. The minimum atomic E-state index is 0.301. The van der Waals surface area contributed by atoms with Gasteiger partial charge in [-0.05, 0) is 24.7 Å². The third-order valence-corrected chi connectivity index (χ3v) is 2.60. The highest BCUT2D eigenvalue weighted by atomic mass is 14.6. The van der Waals surface area contributed by atoms with Crippen LogP contribution < -0.4 is 5.73 Å². The molecule has 1 aliphatic carbocycles. The molecule has 0 aromatic rings. The van der Waals surface area contributed by atoms with Crippen molar-refractivity contribution in [2.24, 2.45) is 17.6 Å². The van der Waals surface area contributed by atoms with E-state index in [4.69, 9.17) is 5.73 Å². The highest BCUT2D eigenvalue weighted by Gasteiger charge is 2.10. The molecule has 0 fully saturated rings. The second-order valence-corrected chi connectivity index (χ2v) is 3.64. The van der Waals surface area contributed by atoms with E-state index >= 15 is 0 Å². The highest BCUT2D eigenvalue weighted by molar-refractivity contribution is 5.06. The van der Waals surface area contributed by atoms with Gasteiger partial charge in [0.05, 0.1) is 0 Å². The van der Waals surface area contributed by atoms with Gasteiger partial charge in [-0.2, -0.15) is 0 Å². The van der Waals surface area contributed by atoms with Crippen LogP contribution in [0.2, 0.25) is 0 Å². The highest BCUT2D eigenvalue weighted by Crippen LogP contribution is 2.16. The van der Waals surface area contributed by atoms with Crippen molar-refractivity contribution in [3.05, 3.63) is 24.3 Å². The van der Waals surface area contributed by atoms with Crippen LogP contribution in [0.15, 0.2) is 24.3 Å². The van der Waals surface area contributed by atoms with E-state index in [1.165, 1.54) is 6.42 Å². The summed E-state index contributed by atoms with van der Waals surface area (Å²) in [7, 11) is 0. The summed E-state index contributed by atoms with van der Waals surface area (Å²) in [6.07, 6.45) is 11.2. The van der Waals surface area contributed by atoms with Crippen molar-refractivity contribution in [2.75, 3.05) is 0 Å². The fraction of sp³-hybridized carbons (Fsp3) is 0.636. The first kappa shape index (κ1) is 9.53. The van der Waals surface area contributed by atoms with Gasteiger partial charge in [0.2, 0.25) is 0 Å². The molecule has 0 aliphatic heterocycles. The van der Waals surface area contributed by atoms with Crippen molar-refractivity contribution in [1.29, 1.82) is 0 Å². The number of hydrogen-bond donors (Lipinski definition) is 1. The molecule has 0 amide bonds. The zero-order valence-electron chi connectivity index (χ0n) is 8.03. The van der Waals surface area contributed by atoms with Gasteiger partial charge in [0.15, 0.2) is 0 Å². The van der Waals surface area contributed by atoms with Gasteiger partial charge in [-0.15, -0.1) is 0 Å². The molecule has 0 bridgehead atoms. The summed E-state index contributed by atoms with van der Waals surface area (Å²) < 4.78 is 0. The lowest BCUT2D eigenvalue weighted by Gasteiger charge is -2.18. The summed E-state index contributed by atoms with van der Waals surface area (Å²) in [5.74, 6) is 1.14. The average Bonchev–Trinajstić information content (AvgIpc) is 2.07. The first-order chi connectivity index (χ1) is 5.74. The van der Waals surface area contributed by atoms with Crippen LogP contribution in [-0.4, -0.2) is 6.04 Å². The van der Waals surface area contributed by atoms with Crippen molar-refractivity contribution >= 4 is 0 Å². The molecule has 1 heteroatoms. The maximum absolute atomic E-state index is 5.93. The first-order valence-corrected chi connectivity index (χ1v) is 4.84. The maximum atomic E-state index is 5.93. The number of nitrogens with two attached hydrogens (primary N) is 1. The Balaban J connectivity index is 2.62. The second-order valence-electron chi connectivity index (χ2n) is 3.64. The lowest BCUT2D eigenvalue weighted by Crippen LogP contribution is -2.26. The molecular weight excluding hydrogens is 146 g/mol. The van der Waals surface area contributed by atoms with Crippen molar-refractivity contribution < 1.29 is 0 Å². The van der Waals surface area contributed by atoms with Crippen molar-refractivity contribution in [3.8, 4) is 0 Å². The van der Waals surface area contributed by atoms with E-state index in [-0.39, 0.29) is 0 Å². The Kier molecular flexibility index (Phi) is 3.54. The molecule has 68 valence electrons. The number of hydrogen-bond acceptors (Lipinski definition) is 1. The van der Waals surface area contributed by atoms with E-state index in [1.807, 2.05) is 0 Å². The minimum Gasteiger partial charge on any atom is -0.327 e. The van der Waals surface area contributed by atoms with Crippen molar-refractivity contribution in [2.45, 2.75) is 32.7 Å². The molecule has 0 saturated heterocycles. The quantitative estimate of drug-likeness (QED) is 0.593. The summed E-state index contributed by atoms with van der Waals surface area (Å²) in [4.78, 5) is 0. The van der Waals surface area contributed by atoms with Crippen LogP contribution in [0.5, 0.6) is 0 Å². The topological polar surface area (TPSA) is 26.0 Å². The molecule has 1 rings (SSSR count). The molecule has 0 spiro atoms. The van der Waals surface area contributed by atoms with Crippen LogP contribution in [0.25, 0.3) is 0 Å². The van der Waals surface area contributed by atoms with Crippen LogP contribution in [0.1, 0.15) is 26.7 Å². The molecule has 0 aromatic carbocycles. The predicted molar refractivity (Wildman–Crippen MR) is 53.8 cm³/mol. The van der Waals surface area contributed by atoms with Gasteiger partial charge in [0.1, 0.15) is 0 Å². The van der Waals surface area contributed by atoms with Crippen LogP contribution in [0.3, 0.4) is 0 Å². The molecule has 0 heterocycles. The van der Waals surface area contributed by atoms with Crippen molar-refractivity contribution in [3.63, 3.8) is 0 Å². The molecule has 3 unspecified atom stereocenters. The summed E-state index contributed by atoms with van der Waals surface area (Å²) in [6, 6.07) is 0.301. The van der Waals surface area contributed by atoms with E-state index in [2.05, 4.69) is 38.2 Å². The maximum Gasteiger partial charge on any atom is 0.0134 e. The Bertz CT molecular complexity index is 181. The monoisotopic (exact) mass is 165 g/mol. The van der Waals surface area contributed by atoms with E-state index in [1.54, 1.807) is 0 Å². The molecule has 0 saturated carbocycles. The third-order valence-electron chi connectivity index (χ3n) is 2.60. The fourth-order valence-corrected chi connectivity index (χ4v) is 1.42. The van der Waals surface area contributed by atoms with Crippen LogP contribution >= 0.6 is 0 Å². The van der Waals surface area contributed by atoms with E-state index in [9.17, 15) is 0 Å². The Hall–Kier alpha value is -0.560. The van der Waals surface area contributed by atoms with E-state index in [0.717, 1.165) is 6.42 Å². The van der Waals surface area contributed by atoms with Gasteiger partial charge in [-0.3, -0.25) is 0 Å². The molecule has 2 N–H and O–H groups in total. The SMILES string of the molecule is CCC1/C=C\C(C)C(N)C/C=C/1. The molecule has 12 heavy (non-hydrogen) atoms. The lowest BCUT2D eigenvalue weighted by molar-refractivity contribution is 0.534. The molecular formula is C11H19N. The first-order valence-electron chi connectivity index (χ1n) is 4.84. The Morgan fingerprint density at radius 1 is 1.33 bits per heavy atom. The third kappa shape index (κ3) is 2.49. The summed E-state index contributed by atoms with van der Waals surface area (Å²) in [5.41, 5.74) is 5.93. The van der Waals surface area contributed by atoms with Gasteiger partial charge >= 0.3 is 0 Å². The largest absolute Gasteiger partial charge is 0.327 e. The molecule has 1 nitrogen and oxygen atoms in total. The predicted octanol–water partition coefficient (Wildman–Crippen LogP) is 2.49. The zero-order valence-corrected chi connectivity index (χ0v) is 8.03. The average molecular weight is 165 g/mol. The van der Waals surface area contributed by atoms with E-state index < -0.39 is 0 Å². The van der Waals surface area contributed by atoms with Gasteiger partial charge in [-0.1, -0.05) is 38.2 Å². The summed E-state index contributed by atoms with van der Waals surface area (Å²) >= 11 is 0. The van der Waals surface area contributed by atoms with Gasteiger partial charge in [0.25, 0.3) is 0 Å². The Labute approximate surface area is 75.3 Å². The standard InChI is InChI=1S/C11H19N/c1-3-10-5-4-6-11(12)9(2)7-8-10/h4-5,7-11H,3,6,12H2,1-2H3/b5-4+,8-7-. The molecule has 0 aromatic heterocycles. The van der Waals surface area contributed by atoms with Crippen LogP contribution in [0.4, 0.5) is 0 Å². The Morgan fingerprint density at radius 3 is 2.75 bits per heavy atom.